The van der Waals surface area contributed by atoms with Gasteiger partial charge in [0.1, 0.15) is 12.4 Å². The van der Waals surface area contributed by atoms with E-state index >= 15 is 0 Å². The second-order valence-corrected chi connectivity index (χ2v) is 15.6. The maximum atomic E-state index is 13.4. The summed E-state index contributed by atoms with van der Waals surface area (Å²) in [4.78, 5) is 32.0. The summed E-state index contributed by atoms with van der Waals surface area (Å²) in [5.74, 6) is -3.00. The lowest BCUT2D eigenvalue weighted by Gasteiger charge is -2.47. The number of carbonyl (C=O) groups excluding carboxylic acids is 2. The van der Waals surface area contributed by atoms with E-state index in [-0.39, 0.29) is 30.9 Å². The highest BCUT2D eigenvalue weighted by molar-refractivity contribution is 6.76. The van der Waals surface area contributed by atoms with Crippen molar-refractivity contribution in [1.29, 1.82) is 0 Å². The van der Waals surface area contributed by atoms with Crippen molar-refractivity contribution in [2.24, 2.45) is 17.0 Å². The number of oxime groups is 1. The summed E-state index contributed by atoms with van der Waals surface area (Å²) in [5.41, 5.74) is 2.40. The molecule has 33 heavy (non-hydrogen) atoms. The fourth-order valence-electron chi connectivity index (χ4n) is 4.70. The minimum absolute atomic E-state index is 0.0996. The molecule has 1 aromatic carbocycles. The third kappa shape index (κ3) is 5.66. The molecule has 1 fully saturated rings. The number of carbonyl (C=O) groups is 2. The van der Waals surface area contributed by atoms with E-state index < -0.39 is 31.8 Å². The molecule has 8 heteroatoms. The zero-order chi connectivity index (χ0) is 24.2. The van der Waals surface area contributed by atoms with Crippen LogP contribution in [-0.2, 0) is 23.9 Å². The Morgan fingerprint density at radius 1 is 1.15 bits per heavy atom. The number of phenols is 1. The Balaban J connectivity index is 2.01. The Labute approximate surface area is 196 Å². The monoisotopic (exact) mass is 473 g/mol. The minimum atomic E-state index is -1.38. The molecular weight excluding hydrogens is 438 g/mol. The first-order valence-electron chi connectivity index (χ1n) is 11.6. The smallest absolute Gasteiger partial charge is 0.310 e. The lowest BCUT2D eigenvalue weighted by Crippen LogP contribution is -2.51. The number of benzene rings is 1. The molecule has 180 valence electrons. The molecule has 3 aliphatic carbocycles. The van der Waals surface area contributed by atoms with Crippen LogP contribution in [0.1, 0.15) is 42.7 Å². The third-order valence-electron chi connectivity index (χ3n) is 6.24. The standard InChI is InChI=1S/C25H35NO6Si/c1-6-10-30-25(29)23-21-18-14-16(27)8-9-17(18)19(15-20(21)26-32-11-7-2)22(23)24(28)31-12-13-33(3,4)5/h7-9,14,19,21-23,27H,2,6,10-13,15H2,1,3-5H3/t19?,21-,22-,23-/m1/s1. The van der Waals surface area contributed by atoms with Gasteiger partial charge < -0.3 is 19.4 Å². The summed E-state index contributed by atoms with van der Waals surface area (Å²) in [6, 6.07) is 5.96. The van der Waals surface area contributed by atoms with Gasteiger partial charge in [-0.25, -0.2) is 0 Å². The zero-order valence-electron chi connectivity index (χ0n) is 20.0. The lowest BCUT2D eigenvalue weighted by atomic mass is 9.55. The first-order chi connectivity index (χ1) is 15.7. The molecule has 0 spiro atoms. The average Bonchev–Trinajstić information content (AvgIpc) is 2.76. The molecule has 4 atom stereocenters. The molecule has 1 N–H and O–H groups in total. The summed E-state index contributed by atoms with van der Waals surface area (Å²) in [7, 11) is -1.38. The Morgan fingerprint density at radius 3 is 2.52 bits per heavy atom. The van der Waals surface area contributed by atoms with Crippen LogP contribution in [0.4, 0.5) is 0 Å². The maximum absolute atomic E-state index is 13.4. The van der Waals surface area contributed by atoms with Crippen LogP contribution < -0.4 is 0 Å². The molecule has 2 bridgehead atoms. The molecule has 0 amide bonds. The number of nitrogens with zero attached hydrogens (tertiary/aromatic N) is 1. The molecule has 0 aliphatic heterocycles. The second-order valence-electron chi connectivity index (χ2n) is 9.97. The van der Waals surface area contributed by atoms with Crippen molar-refractivity contribution >= 4 is 25.7 Å². The van der Waals surface area contributed by atoms with E-state index in [0.717, 1.165) is 17.2 Å². The van der Waals surface area contributed by atoms with Gasteiger partial charge in [0.15, 0.2) is 0 Å². The minimum Gasteiger partial charge on any atom is -0.508 e. The van der Waals surface area contributed by atoms with Crippen molar-refractivity contribution < 1.29 is 29.0 Å². The van der Waals surface area contributed by atoms with E-state index in [1.165, 1.54) is 0 Å². The first kappa shape index (κ1) is 25.0. The first-order valence-corrected chi connectivity index (χ1v) is 15.3. The van der Waals surface area contributed by atoms with E-state index in [1.807, 2.05) is 13.0 Å². The fraction of sp³-hybridized carbons (Fsp3) is 0.560. The number of rotatable bonds is 10. The van der Waals surface area contributed by atoms with Gasteiger partial charge in [0, 0.05) is 19.9 Å². The number of fused-ring (bicyclic) bond motifs is 2. The lowest BCUT2D eigenvalue weighted by molar-refractivity contribution is -0.163. The van der Waals surface area contributed by atoms with Gasteiger partial charge in [-0.3, -0.25) is 9.59 Å². The fourth-order valence-corrected chi connectivity index (χ4v) is 5.42. The van der Waals surface area contributed by atoms with Gasteiger partial charge in [-0.05, 0) is 42.1 Å². The van der Waals surface area contributed by atoms with E-state index in [9.17, 15) is 14.7 Å². The van der Waals surface area contributed by atoms with Crippen molar-refractivity contribution in [3.8, 4) is 5.75 Å². The van der Waals surface area contributed by atoms with Crippen LogP contribution in [0.25, 0.3) is 0 Å². The Hall–Kier alpha value is -2.61. The van der Waals surface area contributed by atoms with Gasteiger partial charge in [0.25, 0.3) is 0 Å². The Kier molecular flexibility index (Phi) is 7.99. The maximum Gasteiger partial charge on any atom is 0.310 e. The largest absolute Gasteiger partial charge is 0.508 e. The third-order valence-corrected chi connectivity index (χ3v) is 7.94. The normalized spacial score (nSPS) is 24.8. The molecule has 0 radical (unpaired) electrons. The molecule has 1 aromatic rings. The molecule has 0 saturated heterocycles. The highest BCUT2D eigenvalue weighted by Crippen LogP contribution is 2.55. The number of phenolic OH excluding ortho intramolecular Hbond substituents is 1. The summed E-state index contributed by atoms with van der Waals surface area (Å²) >= 11 is 0. The molecular formula is C25H35NO6Si. The van der Waals surface area contributed by atoms with E-state index in [4.69, 9.17) is 14.3 Å². The quantitative estimate of drug-likeness (QED) is 0.175. The molecule has 1 unspecified atom stereocenters. The summed E-state index contributed by atoms with van der Waals surface area (Å²) in [6.07, 6.45) is 2.75. The van der Waals surface area contributed by atoms with Gasteiger partial charge in [-0.15, -0.1) is 0 Å². The van der Waals surface area contributed by atoms with Gasteiger partial charge in [0.2, 0.25) is 0 Å². The van der Waals surface area contributed by atoms with Gasteiger partial charge in [-0.2, -0.15) is 0 Å². The molecule has 0 heterocycles. The van der Waals surface area contributed by atoms with Gasteiger partial charge in [-0.1, -0.05) is 50.4 Å². The topological polar surface area (TPSA) is 94.4 Å². The van der Waals surface area contributed by atoms with Crippen LogP contribution in [0.15, 0.2) is 36.0 Å². The number of aromatic hydroxyl groups is 1. The summed E-state index contributed by atoms with van der Waals surface area (Å²) in [5, 5.41) is 14.5. The molecule has 7 nitrogen and oxygen atoms in total. The van der Waals surface area contributed by atoms with Crippen molar-refractivity contribution in [3.05, 3.63) is 42.0 Å². The predicted molar refractivity (Wildman–Crippen MR) is 129 cm³/mol. The van der Waals surface area contributed by atoms with Crippen molar-refractivity contribution in [1.82, 2.24) is 0 Å². The van der Waals surface area contributed by atoms with Crippen LogP contribution in [0.2, 0.25) is 25.7 Å². The zero-order valence-corrected chi connectivity index (χ0v) is 21.0. The van der Waals surface area contributed by atoms with E-state index in [1.54, 1.807) is 18.2 Å². The molecule has 1 saturated carbocycles. The van der Waals surface area contributed by atoms with E-state index in [2.05, 4.69) is 31.4 Å². The summed E-state index contributed by atoms with van der Waals surface area (Å²) in [6.45, 7) is 13.1. The predicted octanol–water partition coefficient (Wildman–Crippen LogP) is 4.60. The molecule has 3 aliphatic rings. The molecule has 4 rings (SSSR count). The highest BCUT2D eigenvalue weighted by atomic mass is 28.3. The van der Waals surface area contributed by atoms with Crippen molar-refractivity contribution in [2.45, 2.75) is 57.3 Å². The molecule has 0 aromatic heterocycles. The van der Waals surface area contributed by atoms with Crippen LogP contribution in [0.5, 0.6) is 5.75 Å². The van der Waals surface area contributed by atoms with Crippen LogP contribution in [-0.4, -0.2) is 50.7 Å². The van der Waals surface area contributed by atoms with Gasteiger partial charge >= 0.3 is 11.9 Å². The number of hydrogen-bond donors (Lipinski definition) is 1. The number of esters is 2. The van der Waals surface area contributed by atoms with Crippen molar-refractivity contribution in [2.75, 3.05) is 19.8 Å². The van der Waals surface area contributed by atoms with Crippen LogP contribution >= 0.6 is 0 Å². The van der Waals surface area contributed by atoms with Crippen LogP contribution in [0, 0.1) is 11.8 Å². The number of ether oxygens (including phenoxy) is 2. The average molecular weight is 474 g/mol. The second kappa shape index (κ2) is 10.5. The highest BCUT2D eigenvalue weighted by Gasteiger charge is 2.57. The van der Waals surface area contributed by atoms with E-state index in [0.29, 0.717) is 25.2 Å². The van der Waals surface area contributed by atoms with Crippen LogP contribution in [0.3, 0.4) is 0 Å². The summed E-state index contributed by atoms with van der Waals surface area (Å²) < 4.78 is 11.2. The van der Waals surface area contributed by atoms with Crippen molar-refractivity contribution in [3.63, 3.8) is 0 Å². The Morgan fingerprint density at radius 2 is 1.85 bits per heavy atom. The van der Waals surface area contributed by atoms with Gasteiger partial charge in [0.05, 0.1) is 30.8 Å². The Bertz CT molecular complexity index is 922. The SMILES string of the molecule is C=CCON=C1CC2c3ccc(O)cc3[C@H]1[C@@H](C(=O)OCCC)[C@@H]2C(=O)OCC[Si](C)(C)C. The number of hydrogen-bond acceptors (Lipinski definition) is 7.